The third-order valence-corrected chi connectivity index (χ3v) is 9.51. The molecule has 0 N–H and O–H groups in total. The second-order valence-electron chi connectivity index (χ2n) is 10.6. The quantitative estimate of drug-likeness (QED) is 0.504. The Kier molecular flexibility index (Phi) is 3.61. The Bertz CT molecular complexity index is 683. The third-order valence-electron chi connectivity index (χ3n) is 9.51. The molecule has 0 bridgehead atoms. The fourth-order valence-electron chi connectivity index (χ4n) is 7.93. The van der Waals surface area contributed by atoms with Gasteiger partial charge in [-0.25, -0.2) is 4.85 Å². The van der Waals surface area contributed by atoms with Gasteiger partial charge < -0.3 is 4.79 Å². The van der Waals surface area contributed by atoms with E-state index in [1.165, 1.54) is 32.1 Å². The van der Waals surface area contributed by atoms with Gasteiger partial charge in [0, 0.05) is 5.41 Å². The minimum Gasteiger partial charge on any atom is -0.307 e. The van der Waals surface area contributed by atoms with E-state index in [9.17, 15) is 4.79 Å². The first-order valence-electron chi connectivity index (χ1n) is 10.3. The van der Waals surface area contributed by atoms with Gasteiger partial charge in [0.1, 0.15) is 0 Å². The standard InChI is InChI=1S/C23H33NO/c1-14-7-9-16-15-8-10-19-21(2,3)20(25)18(24-6)13-23(19,5)17(15)11-12-22(14,16)4/h13-17,19H,7-12H2,1-5H3/t14-,15?,16?,17?,19?,22+,23+/m0/s1. The van der Waals surface area contributed by atoms with Crippen molar-refractivity contribution in [1.29, 1.82) is 0 Å². The zero-order valence-corrected chi connectivity index (χ0v) is 16.6. The predicted molar refractivity (Wildman–Crippen MR) is 101 cm³/mol. The lowest BCUT2D eigenvalue weighted by atomic mass is 9.42. The van der Waals surface area contributed by atoms with Crippen LogP contribution in [0.2, 0.25) is 0 Å². The van der Waals surface area contributed by atoms with Crippen molar-refractivity contribution in [2.24, 2.45) is 45.8 Å². The van der Waals surface area contributed by atoms with Gasteiger partial charge in [-0.05, 0) is 78.9 Å². The van der Waals surface area contributed by atoms with Crippen LogP contribution in [0.4, 0.5) is 0 Å². The molecule has 0 radical (unpaired) electrons. The van der Waals surface area contributed by atoms with Crippen molar-refractivity contribution in [1.82, 2.24) is 0 Å². The molecule has 4 aliphatic carbocycles. The van der Waals surface area contributed by atoms with Gasteiger partial charge in [-0.1, -0.05) is 40.7 Å². The number of hydrogen-bond acceptors (Lipinski definition) is 1. The topological polar surface area (TPSA) is 21.4 Å². The molecule has 4 unspecified atom stereocenters. The van der Waals surface area contributed by atoms with Crippen LogP contribution < -0.4 is 0 Å². The highest BCUT2D eigenvalue weighted by atomic mass is 16.1. The van der Waals surface area contributed by atoms with Gasteiger partial charge in [0.2, 0.25) is 5.70 Å². The van der Waals surface area contributed by atoms with E-state index < -0.39 is 5.41 Å². The highest BCUT2D eigenvalue weighted by Gasteiger charge is 2.62. The van der Waals surface area contributed by atoms with Crippen LogP contribution in [0, 0.1) is 52.4 Å². The van der Waals surface area contributed by atoms with Crippen LogP contribution in [-0.4, -0.2) is 5.78 Å². The van der Waals surface area contributed by atoms with E-state index >= 15 is 0 Å². The Labute approximate surface area is 153 Å². The van der Waals surface area contributed by atoms with Gasteiger partial charge in [-0.15, -0.1) is 0 Å². The zero-order chi connectivity index (χ0) is 18.2. The number of carbonyl (C=O) groups excluding carboxylic acids is 1. The summed E-state index contributed by atoms with van der Waals surface area (Å²) in [5.74, 6) is 3.61. The van der Waals surface area contributed by atoms with Crippen molar-refractivity contribution < 1.29 is 4.79 Å². The molecule has 136 valence electrons. The molecule has 25 heavy (non-hydrogen) atoms. The molecular formula is C23H33NO. The van der Waals surface area contributed by atoms with E-state index in [-0.39, 0.29) is 11.2 Å². The average Bonchev–Trinajstić information content (AvgIpc) is 2.86. The van der Waals surface area contributed by atoms with Crippen molar-refractivity contribution in [2.75, 3.05) is 0 Å². The lowest BCUT2D eigenvalue weighted by Crippen LogP contribution is -2.57. The van der Waals surface area contributed by atoms with E-state index in [2.05, 4.69) is 45.5 Å². The summed E-state index contributed by atoms with van der Waals surface area (Å²) in [5, 5.41) is 0. The normalized spacial score (nSPS) is 51.0. The number of rotatable bonds is 0. The maximum Gasteiger partial charge on any atom is 0.226 e. The highest BCUT2D eigenvalue weighted by Crippen LogP contribution is 2.68. The Morgan fingerprint density at radius 2 is 1.76 bits per heavy atom. The smallest absolute Gasteiger partial charge is 0.226 e. The predicted octanol–water partition coefficient (Wildman–Crippen LogP) is 5.89. The molecule has 0 heterocycles. The lowest BCUT2D eigenvalue weighted by Gasteiger charge is -2.62. The van der Waals surface area contributed by atoms with E-state index in [0.717, 1.165) is 24.2 Å². The largest absolute Gasteiger partial charge is 0.307 e. The Balaban J connectivity index is 1.77. The first kappa shape index (κ1) is 17.3. The lowest BCUT2D eigenvalue weighted by molar-refractivity contribution is -0.142. The number of hydrogen-bond donors (Lipinski definition) is 0. The molecule has 0 spiro atoms. The summed E-state index contributed by atoms with van der Waals surface area (Å²) in [6, 6.07) is 0. The molecule has 0 aromatic rings. The number of Topliss-reactive ketones (excluding diaryl/α,β-unsaturated/α-hetero) is 1. The van der Waals surface area contributed by atoms with Crippen LogP contribution in [0.1, 0.15) is 73.1 Å². The number of carbonyl (C=O) groups is 1. The molecule has 0 amide bonds. The molecule has 0 aromatic carbocycles. The average molecular weight is 340 g/mol. The maximum atomic E-state index is 12.8. The monoisotopic (exact) mass is 339 g/mol. The van der Waals surface area contributed by atoms with E-state index in [0.29, 0.717) is 22.9 Å². The van der Waals surface area contributed by atoms with Crippen molar-refractivity contribution in [3.05, 3.63) is 23.2 Å². The summed E-state index contributed by atoms with van der Waals surface area (Å²) in [7, 11) is 0. The molecule has 0 aliphatic heterocycles. The van der Waals surface area contributed by atoms with Gasteiger partial charge in [-0.2, -0.15) is 0 Å². The summed E-state index contributed by atoms with van der Waals surface area (Å²) >= 11 is 0. The fourth-order valence-corrected chi connectivity index (χ4v) is 7.93. The number of fused-ring (bicyclic) bond motifs is 5. The molecular weight excluding hydrogens is 306 g/mol. The second kappa shape index (κ2) is 5.21. The first-order chi connectivity index (χ1) is 11.7. The van der Waals surface area contributed by atoms with Gasteiger partial charge >= 0.3 is 0 Å². The second-order valence-corrected chi connectivity index (χ2v) is 10.6. The molecule has 3 saturated carbocycles. The van der Waals surface area contributed by atoms with Crippen LogP contribution in [0.3, 0.4) is 0 Å². The number of ketones is 1. The van der Waals surface area contributed by atoms with Gasteiger partial charge in [0.05, 0.1) is 6.57 Å². The third kappa shape index (κ3) is 2.05. The minimum absolute atomic E-state index is 0.0212. The van der Waals surface area contributed by atoms with Crippen LogP contribution in [0.5, 0.6) is 0 Å². The van der Waals surface area contributed by atoms with Crippen LogP contribution in [-0.2, 0) is 4.79 Å². The number of allylic oxidation sites excluding steroid dienone is 2. The van der Waals surface area contributed by atoms with Crippen molar-refractivity contribution in [2.45, 2.75) is 73.1 Å². The summed E-state index contributed by atoms with van der Waals surface area (Å²) in [4.78, 5) is 16.5. The number of nitrogens with zero attached hydrogens (tertiary/aromatic N) is 1. The highest BCUT2D eigenvalue weighted by molar-refractivity contribution is 6.02. The SMILES string of the molecule is [C-]#[N+]C1=C[C@]2(C)C3CC[C@@]4(C)C(CC[C@@H]4C)C3CCC2C(C)(C)C1=O. The van der Waals surface area contributed by atoms with Crippen LogP contribution in [0.25, 0.3) is 4.85 Å². The Hall–Kier alpha value is -1.10. The minimum atomic E-state index is -0.391. The Morgan fingerprint density at radius 3 is 2.44 bits per heavy atom. The molecule has 4 aliphatic rings. The first-order valence-corrected chi connectivity index (χ1v) is 10.3. The van der Waals surface area contributed by atoms with E-state index in [4.69, 9.17) is 6.57 Å². The van der Waals surface area contributed by atoms with E-state index in [1.807, 2.05) is 0 Å². The van der Waals surface area contributed by atoms with Gasteiger partial charge in [0.25, 0.3) is 0 Å². The van der Waals surface area contributed by atoms with Gasteiger partial charge in [-0.3, -0.25) is 0 Å². The van der Waals surface area contributed by atoms with Crippen molar-refractivity contribution in [3.8, 4) is 0 Å². The van der Waals surface area contributed by atoms with Crippen LogP contribution in [0.15, 0.2) is 11.8 Å². The summed E-state index contributed by atoms with van der Waals surface area (Å²) < 4.78 is 0. The summed E-state index contributed by atoms with van der Waals surface area (Å²) in [6.45, 7) is 19.1. The summed E-state index contributed by atoms with van der Waals surface area (Å²) in [6.07, 6.45) is 9.95. The molecule has 0 saturated heterocycles. The molecule has 0 aromatic heterocycles. The summed E-state index contributed by atoms with van der Waals surface area (Å²) in [5.41, 5.74) is 0.569. The van der Waals surface area contributed by atoms with Crippen molar-refractivity contribution in [3.63, 3.8) is 0 Å². The fraction of sp³-hybridized carbons (Fsp3) is 0.826. The molecule has 2 heteroatoms. The van der Waals surface area contributed by atoms with Crippen LogP contribution >= 0.6 is 0 Å². The van der Waals surface area contributed by atoms with E-state index in [1.54, 1.807) is 0 Å². The van der Waals surface area contributed by atoms with Crippen molar-refractivity contribution >= 4 is 5.78 Å². The molecule has 7 atom stereocenters. The maximum absolute atomic E-state index is 12.8. The molecule has 4 rings (SSSR count). The molecule has 2 nitrogen and oxygen atoms in total. The van der Waals surface area contributed by atoms with Gasteiger partial charge in [0.15, 0.2) is 5.78 Å². The molecule has 3 fully saturated rings. The zero-order valence-electron chi connectivity index (χ0n) is 16.6. The Morgan fingerprint density at radius 1 is 1.04 bits per heavy atom.